The summed E-state index contributed by atoms with van der Waals surface area (Å²) in [4.78, 5) is 40.1. The summed E-state index contributed by atoms with van der Waals surface area (Å²) in [6.45, 7) is 35.9. The molecule has 0 fully saturated rings. The molecule has 0 aliphatic heterocycles. The Bertz CT molecular complexity index is 1120. The van der Waals surface area contributed by atoms with Gasteiger partial charge in [-0.05, 0) is 48.1 Å². The molecule has 0 aromatic carbocycles. The Labute approximate surface area is 295 Å². The van der Waals surface area contributed by atoms with Crippen LogP contribution in [0.1, 0.15) is 76.2 Å². The number of primary amides is 1. The quantitative estimate of drug-likeness (QED) is 0.0658. The van der Waals surface area contributed by atoms with Gasteiger partial charge in [-0.3, -0.25) is 4.79 Å². The molecule has 4 unspecified atom stereocenters. The molecule has 278 valence electrons. The molecule has 9 nitrogen and oxygen atoms in total. The average Bonchev–Trinajstić information content (AvgIpc) is 2.96. The maximum absolute atomic E-state index is 14.3. The summed E-state index contributed by atoms with van der Waals surface area (Å²) >= 11 is 0. The van der Waals surface area contributed by atoms with E-state index in [0.717, 1.165) is 0 Å². The van der Waals surface area contributed by atoms with Gasteiger partial charge in [-0.25, -0.2) is 9.59 Å². The number of allylic oxidation sites excluding steroid dienone is 2. The Morgan fingerprint density at radius 1 is 0.812 bits per heavy atom. The number of carbonyl (C=O) groups excluding carboxylic acids is 3. The molecule has 2 N–H and O–H groups in total. The van der Waals surface area contributed by atoms with Gasteiger partial charge >= 0.3 is 12.1 Å². The number of ether oxygens (including phenoxy) is 2. The average molecular weight is 711 g/mol. The van der Waals surface area contributed by atoms with Gasteiger partial charge in [0.15, 0.2) is 16.6 Å². The van der Waals surface area contributed by atoms with Gasteiger partial charge in [0.25, 0.3) is 0 Å². The SMILES string of the molecule is C=CC=C[C@H](C)C(OC(N)=O)C(C)C(O[Si](C)(C)C(C)(C)C)C(C)C(=O)N(C)C[C@H](C)[C@@H](O[Si](C)(C)C(C)(C)C)[C@@H](C)C=CC(=O)OC. The molecule has 0 aromatic heterocycles. The van der Waals surface area contributed by atoms with E-state index in [9.17, 15) is 14.4 Å². The fourth-order valence-corrected chi connectivity index (χ4v) is 8.27. The standard InChI is InChI=1S/C37H70N2O7Si2/c1-19-20-21-25(2)32(44-35(38)42)28(5)33(46-48(17,18)37(10,11)12)29(6)34(41)39(13)24-27(4)31(26(3)22-23-30(40)43-14)45-47(15,16)36(7,8)9/h19-23,25-29,31-33H,1,24H2,2-18H3,(H2,38,42)/t25-,26-,27-,28?,29?,31-,32?,33?/m0/s1. The summed E-state index contributed by atoms with van der Waals surface area (Å²) in [5.74, 6) is -1.80. The van der Waals surface area contributed by atoms with Crippen molar-refractivity contribution in [3.05, 3.63) is 37.0 Å². The van der Waals surface area contributed by atoms with Crippen LogP contribution < -0.4 is 5.73 Å². The van der Waals surface area contributed by atoms with Crippen molar-refractivity contribution in [2.45, 2.75) is 131 Å². The molecule has 0 saturated carbocycles. The molecule has 0 aliphatic carbocycles. The van der Waals surface area contributed by atoms with Crippen LogP contribution in [0.25, 0.3) is 0 Å². The molecule has 48 heavy (non-hydrogen) atoms. The first-order valence-electron chi connectivity index (χ1n) is 17.3. The first-order valence-corrected chi connectivity index (χ1v) is 23.1. The molecule has 8 atom stereocenters. The van der Waals surface area contributed by atoms with E-state index in [2.05, 4.69) is 81.2 Å². The van der Waals surface area contributed by atoms with Crippen LogP contribution in [0, 0.1) is 29.6 Å². The Balaban J connectivity index is 6.67. The Kier molecular flexibility index (Phi) is 17.8. The summed E-state index contributed by atoms with van der Waals surface area (Å²) in [6, 6.07) is 0. The third kappa shape index (κ3) is 13.6. The Morgan fingerprint density at radius 2 is 1.27 bits per heavy atom. The third-order valence-electron chi connectivity index (χ3n) is 10.5. The minimum absolute atomic E-state index is 0.0288. The second kappa shape index (κ2) is 18.7. The predicted octanol–water partition coefficient (Wildman–Crippen LogP) is 8.34. The van der Waals surface area contributed by atoms with E-state index >= 15 is 0 Å². The first kappa shape index (κ1) is 45.8. The van der Waals surface area contributed by atoms with Crippen molar-refractivity contribution in [3.8, 4) is 0 Å². The van der Waals surface area contributed by atoms with Gasteiger partial charge < -0.3 is 29.0 Å². The summed E-state index contributed by atoms with van der Waals surface area (Å²) in [6.07, 6.45) is 6.37. The van der Waals surface area contributed by atoms with Crippen molar-refractivity contribution in [1.29, 1.82) is 0 Å². The maximum atomic E-state index is 14.3. The monoisotopic (exact) mass is 710 g/mol. The summed E-state index contributed by atoms with van der Waals surface area (Å²) in [5.41, 5.74) is 5.55. The Morgan fingerprint density at radius 3 is 1.69 bits per heavy atom. The second-order valence-electron chi connectivity index (χ2n) is 16.7. The molecular weight excluding hydrogens is 641 g/mol. The highest BCUT2D eigenvalue weighted by atomic mass is 28.4. The van der Waals surface area contributed by atoms with Crippen molar-refractivity contribution in [3.63, 3.8) is 0 Å². The lowest BCUT2D eigenvalue weighted by Gasteiger charge is -2.45. The first-order chi connectivity index (χ1) is 21.6. The molecular formula is C37H70N2O7Si2. The molecule has 0 radical (unpaired) electrons. The van der Waals surface area contributed by atoms with Crippen LogP contribution in [0.3, 0.4) is 0 Å². The smallest absolute Gasteiger partial charge is 0.404 e. The number of esters is 1. The minimum Gasteiger partial charge on any atom is -0.466 e. The van der Waals surface area contributed by atoms with Crippen LogP contribution in [0.2, 0.25) is 36.3 Å². The van der Waals surface area contributed by atoms with Crippen LogP contribution in [0.5, 0.6) is 0 Å². The number of nitrogens with zero attached hydrogens (tertiary/aromatic N) is 1. The number of methoxy groups -OCH3 is 1. The molecule has 2 amide bonds. The molecule has 0 saturated heterocycles. The number of nitrogens with two attached hydrogens (primary N) is 1. The number of amides is 2. The third-order valence-corrected chi connectivity index (χ3v) is 19.4. The summed E-state index contributed by atoms with van der Waals surface area (Å²) < 4.78 is 24.5. The fourth-order valence-electron chi connectivity index (χ4n) is 5.34. The van der Waals surface area contributed by atoms with Crippen molar-refractivity contribution in [2.75, 3.05) is 20.7 Å². The van der Waals surface area contributed by atoms with E-state index in [1.54, 1.807) is 11.0 Å². The van der Waals surface area contributed by atoms with E-state index in [4.69, 9.17) is 24.1 Å². The normalized spacial score (nSPS) is 18.4. The molecule has 0 rings (SSSR count). The lowest BCUT2D eigenvalue weighted by atomic mass is 9.83. The zero-order valence-electron chi connectivity index (χ0n) is 33.3. The van der Waals surface area contributed by atoms with Gasteiger partial charge in [-0.1, -0.05) is 107 Å². The van der Waals surface area contributed by atoms with Crippen molar-refractivity contribution >= 4 is 34.6 Å². The van der Waals surface area contributed by atoms with E-state index < -0.39 is 46.8 Å². The fraction of sp³-hybridized carbons (Fsp3) is 0.757. The van der Waals surface area contributed by atoms with E-state index in [0.29, 0.717) is 6.54 Å². The van der Waals surface area contributed by atoms with Gasteiger partial charge in [0.1, 0.15) is 6.10 Å². The largest absolute Gasteiger partial charge is 0.466 e. The number of hydrogen-bond donors (Lipinski definition) is 1. The minimum atomic E-state index is -2.39. The van der Waals surface area contributed by atoms with E-state index in [-0.39, 0.29) is 45.8 Å². The maximum Gasteiger partial charge on any atom is 0.404 e. The highest BCUT2D eigenvalue weighted by Gasteiger charge is 2.46. The van der Waals surface area contributed by atoms with Crippen LogP contribution >= 0.6 is 0 Å². The number of carbonyl (C=O) groups is 3. The Hall–Kier alpha value is -2.22. The van der Waals surface area contributed by atoms with Gasteiger partial charge in [-0.15, -0.1) is 0 Å². The number of rotatable bonds is 18. The molecule has 0 aliphatic rings. The highest BCUT2D eigenvalue weighted by Crippen LogP contribution is 2.41. The zero-order valence-corrected chi connectivity index (χ0v) is 35.3. The summed E-state index contributed by atoms with van der Waals surface area (Å²) in [7, 11) is -1.43. The van der Waals surface area contributed by atoms with Crippen LogP contribution in [0.15, 0.2) is 37.0 Å². The lowest BCUT2D eigenvalue weighted by Crippen LogP contribution is -2.54. The van der Waals surface area contributed by atoms with Crippen molar-refractivity contribution in [2.24, 2.45) is 35.3 Å². The number of hydrogen-bond acceptors (Lipinski definition) is 7. The van der Waals surface area contributed by atoms with Crippen molar-refractivity contribution in [1.82, 2.24) is 4.90 Å². The van der Waals surface area contributed by atoms with Crippen LogP contribution in [0.4, 0.5) is 4.79 Å². The molecule has 0 heterocycles. The molecule has 0 spiro atoms. The van der Waals surface area contributed by atoms with E-state index in [1.807, 2.05) is 53.0 Å². The molecule has 0 aromatic rings. The molecule has 11 heteroatoms. The van der Waals surface area contributed by atoms with Gasteiger partial charge in [0, 0.05) is 31.5 Å². The highest BCUT2D eigenvalue weighted by molar-refractivity contribution is 6.74. The van der Waals surface area contributed by atoms with Gasteiger partial charge in [0.05, 0.1) is 25.2 Å². The van der Waals surface area contributed by atoms with Crippen molar-refractivity contribution < 1.29 is 32.7 Å². The summed E-state index contributed by atoms with van der Waals surface area (Å²) in [5, 5.41) is -0.149. The van der Waals surface area contributed by atoms with Crippen LogP contribution in [-0.4, -0.2) is 78.5 Å². The topological polar surface area (TPSA) is 117 Å². The lowest BCUT2D eigenvalue weighted by molar-refractivity contribution is -0.140. The van der Waals surface area contributed by atoms with Crippen LogP contribution in [-0.2, 0) is 27.9 Å². The zero-order chi connectivity index (χ0) is 38.0. The predicted molar refractivity (Wildman–Crippen MR) is 203 cm³/mol. The second-order valence-corrected chi connectivity index (χ2v) is 26.2. The van der Waals surface area contributed by atoms with Gasteiger partial charge in [0.2, 0.25) is 5.91 Å². The van der Waals surface area contributed by atoms with Gasteiger partial charge in [-0.2, -0.15) is 0 Å². The van der Waals surface area contributed by atoms with E-state index in [1.165, 1.54) is 13.2 Å². The molecule has 0 bridgehead atoms.